The van der Waals surface area contributed by atoms with Crippen LogP contribution in [0.5, 0.6) is 0 Å². The minimum atomic E-state index is 0.106. The molecule has 0 radical (unpaired) electrons. The third-order valence-corrected chi connectivity index (χ3v) is 5.08. The third-order valence-electron chi connectivity index (χ3n) is 4.20. The molecule has 0 spiro atoms. The number of amides is 1. The number of H-pyrrole nitrogens is 1. The fraction of sp³-hybridized carbons (Fsp3) is 0.316. The minimum absolute atomic E-state index is 0.106. The predicted molar refractivity (Wildman–Crippen MR) is 108 cm³/mol. The van der Waals surface area contributed by atoms with E-state index in [9.17, 15) is 4.79 Å². The number of hydrogen-bond donors (Lipinski definition) is 3. The average Bonchev–Trinajstić information content (AvgIpc) is 3.46. The average molecular weight is 395 g/mol. The monoisotopic (exact) mass is 395 g/mol. The van der Waals surface area contributed by atoms with Gasteiger partial charge in [0.1, 0.15) is 5.82 Å². The highest BCUT2D eigenvalue weighted by Crippen LogP contribution is 2.31. The lowest BCUT2D eigenvalue weighted by Crippen LogP contribution is -2.12. The summed E-state index contributed by atoms with van der Waals surface area (Å²) in [5.74, 6) is 2.14. The van der Waals surface area contributed by atoms with Crippen LogP contribution in [0.2, 0.25) is 0 Å². The molecule has 0 saturated heterocycles. The highest BCUT2D eigenvalue weighted by Gasteiger charge is 2.29. The Morgan fingerprint density at radius 3 is 2.64 bits per heavy atom. The molecule has 8 nitrogen and oxygen atoms in total. The summed E-state index contributed by atoms with van der Waals surface area (Å²) < 4.78 is 0. The molecule has 0 aliphatic heterocycles. The van der Waals surface area contributed by atoms with Gasteiger partial charge in [-0.2, -0.15) is 15.1 Å². The van der Waals surface area contributed by atoms with Crippen molar-refractivity contribution in [1.82, 2.24) is 25.1 Å². The van der Waals surface area contributed by atoms with E-state index in [2.05, 4.69) is 35.8 Å². The number of benzene rings is 1. The van der Waals surface area contributed by atoms with Crippen LogP contribution in [0.15, 0.2) is 40.4 Å². The highest BCUT2D eigenvalue weighted by atomic mass is 32.2. The Balaban J connectivity index is 1.47. The number of rotatable bonds is 7. The molecule has 2 aromatic heterocycles. The van der Waals surface area contributed by atoms with Gasteiger partial charge in [-0.15, -0.1) is 0 Å². The molecule has 0 unspecified atom stereocenters. The largest absolute Gasteiger partial charge is 0.326 e. The second-order valence-corrected chi connectivity index (χ2v) is 7.70. The number of carbonyl (C=O) groups is 1. The van der Waals surface area contributed by atoms with Crippen molar-refractivity contribution in [2.75, 3.05) is 10.6 Å². The molecule has 1 amide bonds. The van der Waals surface area contributed by atoms with Crippen molar-refractivity contribution in [3.8, 4) is 0 Å². The molecule has 0 atom stereocenters. The molecule has 9 heteroatoms. The van der Waals surface area contributed by atoms with Gasteiger partial charge in [-0.05, 0) is 55.8 Å². The van der Waals surface area contributed by atoms with Gasteiger partial charge in [0, 0.05) is 34.7 Å². The number of anilines is 3. The van der Waals surface area contributed by atoms with E-state index in [1.54, 1.807) is 0 Å². The molecular weight excluding hydrogens is 374 g/mol. The SMILES string of the molecule is CCc1nc(Nc2cc(C)[nH]n2)nc(Sc2ccc(NC(=O)C3CC3)cc2)n1. The maximum atomic E-state index is 11.9. The van der Waals surface area contributed by atoms with E-state index < -0.39 is 0 Å². The summed E-state index contributed by atoms with van der Waals surface area (Å²) in [7, 11) is 0. The predicted octanol–water partition coefficient (Wildman–Crippen LogP) is 3.71. The highest BCUT2D eigenvalue weighted by molar-refractivity contribution is 7.99. The van der Waals surface area contributed by atoms with E-state index >= 15 is 0 Å². The van der Waals surface area contributed by atoms with Gasteiger partial charge in [0.05, 0.1) is 0 Å². The van der Waals surface area contributed by atoms with Gasteiger partial charge in [-0.25, -0.2) is 4.98 Å². The van der Waals surface area contributed by atoms with Gasteiger partial charge < -0.3 is 10.6 Å². The molecule has 28 heavy (non-hydrogen) atoms. The van der Waals surface area contributed by atoms with Crippen LogP contribution in [0.25, 0.3) is 0 Å². The first-order valence-electron chi connectivity index (χ1n) is 9.22. The van der Waals surface area contributed by atoms with E-state index in [-0.39, 0.29) is 11.8 Å². The Morgan fingerprint density at radius 2 is 2.00 bits per heavy atom. The molecule has 1 aliphatic carbocycles. The molecule has 1 saturated carbocycles. The second kappa shape index (κ2) is 7.97. The van der Waals surface area contributed by atoms with Gasteiger partial charge in [0.15, 0.2) is 11.0 Å². The molecule has 1 aliphatic rings. The molecule has 1 fully saturated rings. The van der Waals surface area contributed by atoms with E-state index in [1.165, 1.54) is 11.8 Å². The number of hydrogen-bond acceptors (Lipinski definition) is 7. The van der Waals surface area contributed by atoms with Gasteiger partial charge in [-0.1, -0.05) is 6.92 Å². The van der Waals surface area contributed by atoms with Crippen LogP contribution in [-0.2, 0) is 11.2 Å². The van der Waals surface area contributed by atoms with Crippen LogP contribution >= 0.6 is 11.8 Å². The van der Waals surface area contributed by atoms with Crippen molar-refractivity contribution in [3.05, 3.63) is 41.9 Å². The van der Waals surface area contributed by atoms with E-state index in [4.69, 9.17) is 0 Å². The zero-order chi connectivity index (χ0) is 19.5. The first-order valence-corrected chi connectivity index (χ1v) is 10.0. The smallest absolute Gasteiger partial charge is 0.232 e. The summed E-state index contributed by atoms with van der Waals surface area (Å²) in [6.45, 7) is 3.94. The van der Waals surface area contributed by atoms with Gasteiger partial charge in [0.25, 0.3) is 0 Å². The zero-order valence-corrected chi connectivity index (χ0v) is 16.5. The molecule has 4 rings (SSSR count). The van der Waals surface area contributed by atoms with Crippen LogP contribution in [0, 0.1) is 12.8 Å². The Labute approximate surface area is 167 Å². The van der Waals surface area contributed by atoms with Crippen molar-refractivity contribution in [2.45, 2.75) is 43.2 Å². The molecule has 3 N–H and O–H groups in total. The maximum absolute atomic E-state index is 11.9. The van der Waals surface area contributed by atoms with E-state index in [0.29, 0.717) is 29.2 Å². The van der Waals surface area contributed by atoms with Gasteiger partial charge >= 0.3 is 0 Å². The summed E-state index contributed by atoms with van der Waals surface area (Å²) >= 11 is 1.45. The lowest BCUT2D eigenvalue weighted by Gasteiger charge is -2.08. The number of aromatic nitrogens is 5. The van der Waals surface area contributed by atoms with Gasteiger partial charge in [-0.3, -0.25) is 9.89 Å². The summed E-state index contributed by atoms with van der Waals surface area (Å²) in [5.41, 5.74) is 1.76. The number of aromatic amines is 1. The Kier molecular flexibility index (Phi) is 5.25. The van der Waals surface area contributed by atoms with Crippen LogP contribution in [-0.4, -0.2) is 31.1 Å². The van der Waals surface area contributed by atoms with Crippen LogP contribution in [0.1, 0.15) is 31.3 Å². The molecule has 1 aromatic carbocycles. The Bertz CT molecular complexity index is 982. The summed E-state index contributed by atoms with van der Waals surface area (Å²) in [5, 5.41) is 13.7. The molecule has 0 bridgehead atoms. The van der Waals surface area contributed by atoms with Crippen LogP contribution in [0.4, 0.5) is 17.5 Å². The standard InChI is InChI=1S/C19H21N7OS/c1-3-15-21-18(22-16-10-11(2)25-26-16)24-19(23-15)28-14-8-6-13(7-9-14)20-17(27)12-4-5-12/h6-10,12H,3-5H2,1-2H3,(H,20,27)(H2,21,22,23,24,25,26). The second-order valence-electron chi connectivity index (χ2n) is 6.66. The number of carbonyl (C=O) groups excluding carboxylic acids is 1. The van der Waals surface area contributed by atoms with Crippen LogP contribution in [0.3, 0.4) is 0 Å². The first-order chi connectivity index (χ1) is 13.6. The lowest BCUT2D eigenvalue weighted by atomic mass is 10.3. The molecule has 144 valence electrons. The Morgan fingerprint density at radius 1 is 1.21 bits per heavy atom. The zero-order valence-electron chi connectivity index (χ0n) is 15.7. The Hall–Kier alpha value is -2.94. The fourth-order valence-corrected chi connectivity index (χ4v) is 3.32. The molecule has 3 aromatic rings. The summed E-state index contributed by atoms with van der Waals surface area (Å²) in [4.78, 5) is 26.2. The minimum Gasteiger partial charge on any atom is -0.326 e. The topological polar surface area (TPSA) is 108 Å². The molecular formula is C19H21N7OS. The maximum Gasteiger partial charge on any atom is 0.232 e. The number of nitrogens with zero attached hydrogens (tertiary/aromatic N) is 4. The summed E-state index contributed by atoms with van der Waals surface area (Å²) in [6.07, 6.45) is 2.69. The molecule has 2 heterocycles. The quantitative estimate of drug-likeness (QED) is 0.559. The fourth-order valence-electron chi connectivity index (χ4n) is 2.56. The lowest BCUT2D eigenvalue weighted by molar-refractivity contribution is -0.117. The van der Waals surface area contributed by atoms with Crippen molar-refractivity contribution in [1.29, 1.82) is 0 Å². The van der Waals surface area contributed by atoms with E-state index in [0.717, 1.165) is 29.1 Å². The normalized spacial score (nSPS) is 13.4. The van der Waals surface area contributed by atoms with Crippen molar-refractivity contribution in [2.24, 2.45) is 5.92 Å². The number of aryl methyl sites for hydroxylation is 2. The first kappa shape index (κ1) is 18.4. The van der Waals surface area contributed by atoms with Crippen molar-refractivity contribution >= 4 is 35.1 Å². The van der Waals surface area contributed by atoms with Gasteiger partial charge in [0.2, 0.25) is 11.9 Å². The third kappa shape index (κ3) is 4.66. The van der Waals surface area contributed by atoms with Crippen molar-refractivity contribution < 1.29 is 4.79 Å². The summed E-state index contributed by atoms with van der Waals surface area (Å²) in [6, 6.07) is 9.59. The van der Waals surface area contributed by atoms with Crippen LogP contribution < -0.4 is 10.6 Å². The number of nitrogens with one attached hydrogen (secondary N) is 3. The van der Waals surface area contributed by atoms with Crippen molar-refractivity contribution in [3.63, 3.8) is 0 Å². The van der Waals surface area contributed by atoms with E-state index in [1.807, 2.05) is 44.2 Å².